The minimum Gasteiger partial charge on any atom is -0.326 e. The zero-order valence-electron chi connectivity index (χ0n) is 9.38. The molecule has 16 heavy (non-hydrogen) atoms. The molecule has 0 bridgehead atoms. The second-order valence-corrected chi connectivity index (χ2v) is 6.39. The maximum atomic E-state index is 12.5. The number of nitrogens with two attached hydrogens (primary N) is 1. The fourth-order valence-electron chi connectivity index (χ4n) is 1.31. The van der Waals surface area contributed by atoms with E-state index in [1.54, 1.807) is 32.2 Å². The molecule has 1 atom stereocenters. The molecule has 0 unspecified atom stereocenters. The van der Waals surface area contributed by atoms with E-state index >= 15 is 0 Å². The highest BCUT2D eigenvalue weighted by atomic mass is 32.2. The first kappa shape index (κ1) is 12.7. The van der Waals surface area contributed by atoms with Gasteiger partial charge in [-0.25, -0.2) is 4.21 Å². The SMILES string of the molecule is CC(C)[S@](=O)(=NC#N)c1ccc(CN)cc1. The minimum absolute atomic E-state index is 0.198. The molecule has 2 N–H and O–H groups in total. The molecule has 86 valence electrons. The van der Waals surface area contributed by atoms with Crippen molar-refractivity contribution in [1.82, 2.24) is 0 Å². The summed E-state index contributed by atoms with van der Waals surface area (Å²) in [5.41, 5.74) is 6.44. The largest absolute Gasteiger partial charge is 0.326 e. The maximum absolute atomic E-state index is 12.5. The van der Waals surface area contributed by atoms with Gasteiger partial charge >= 0.3 is 0 Å². The fraction of sp³-hybridized carbons (Fsp3) is 0.364. The Morgan fingerprint density at radius 3 is 2.38 bits per heavy atom. The van der Waals surface area contributed by atoms with E-state index in [0.29, 0.717) is 11.4 Å². The van der Waals surface area contributed by atoms with Crippen molar-refractivity contribution in [2.24, 2.45) is 10.1 Å². The van der Waals surface area contributed by atoms with Crippen LogP contribution in [0.2, 0.25) is 0 Å². The van der Waals surface area contributed by atoms with Crippen molar-refractivity contribution < 1.29 is 4.21 Å². The van der Waals surface area contributed by atoms with Crippen molar-refractivity contribution >= 4 is 9.73 Å². The van der Waals surface area contributed by atoms with E-state index in [9.17, 15) is 4.21 Å². The molecular weight excluding hydrogens is 222 g/mol. The summed E-state index contributed by atoms with van der Waals surface area (Å²) in [5, 5.41) is 8.40. The Kier molecular flexibility index (Phi) is 4.05. The molecule has 0 aliphatic carbocycles. The lowest BCUT2D eigenvalue weighted by atomic mass is 10.2. The highest BCUT2D eigenvalue weighted by molar-refractivity contribution is 7.94. The molecule has 0 fully saturated rings. The maximum Gasteiger partial charge on any atom is 0.214 e. The van der Waals surface area contributed by atoms with Crippen LogP contribution in [0.1, 0.15) is 19.4 Å². The number of nitriles is 1. The summed E-state index contributed by atoms with van der Waals surface area (Å²) in [4.78, 5) is 0.584. The van der Waals surface area contributed by atoms with Crippen LogP contribution in [0.4, 0.5) is 0 Å². The predicted molar refractivity (Wildman–Crippen MR) is 63.9 cm³/mol. The van der Waals surface area contributed by atoms with Crippen LogP contribution in [0, 0.1) is 11.5 Å². The molecule has 1 rings (SSSR count). The van der Waals surface area contributed by atoms with Gasteiger partial charge in [0.05, 0.1) is 9.73 Å². The molecule has 0 spiro atoms. The van der Waals surface area contributed by atoms with Crippen molar-refractivity contribution in [2.45, 2.75) is 30.5 Å². The van der Waals surface area contributed by atoms with Crippen molar-refractivity contribution in [2.75, 3.05) is 0 Å². The van der Waals surface area contributed by atoms with Gasteiger partial charge in [-0.3, -0.25) is 0 Å². The van der Waals surface area contributed by atoms with Crippen LogP contribution in [-0.2, 0) is 16.3 Å². The van der Waals surface area contributed by atoms with Gasteiger partial charge in [0.15, 0.2) is 0 Å². The Balaban J connectivity index is 3.31. The highest BCUT2D eigenvalue weighted by Crippen LogP contribution is 2.19. The standard InChI is InChI=1S/C11H15N3OS/c1-9(2)16(15,14-8-13)11-5-3-10(7-12)4-6-11/h3-6,9H,7,12H2,1-2H3/t16-/m1/s1. The quantitative estimate of drug-likeness (QED) is 0.815. The predicted octanol–water partition coefficient (Wildman–Crippen LogP) is 1.86. The van der Waals surface area contributed by atoms with Gasteiger partial charge < -0.3 is 5.73 Å². The van der Waals surface area contributed by atoms with Gasteiger partial charge in [-0.15, -0.1) is 4.36 Å². The molecule has 0 radical (unpaired) electrons. The monoisotopic (exact) mass is 237 g/mol. The number of benzene rings is 1. The van der Waals surface area contributed by atoms with Crippen LogP contribution in [-0.4, -0.2) is 9.46 Å². The van der Waals surface area contributed by atoms with Gasteiger partial charge in [0, 0.05) is 16.7 Å². The molecule has 1 aromatic rings. The summed E-state index contributed by atoms with van der Waals surface area (Å²) in [7, 11) is -2.64. The van der Waals surface area contributed by atoms with Gasteiger partial charge in [-0.05, 0) is 31.5 Å². The van der Waals surface area contributed by atoms with Gasteiger partial charge in [0.2, 0.25) is 6.19 Å². The number of rotatable bonds is 3. The Labute approximate surface area is 96.3 Å². The van der Waals surface area contributed by atoms with E-state index in [1.807, 2.05) is 12.1 Å². The average molecular weight is 237 g/mol. The third kappa shape index (κ3) is 2.40. The molecule has 0 saturated carbocycles. The summed E-state index contributed by atoms with van der Waals surface area (Å²) in [5.74, 6) is 0. The first-order chi connectivity index (χ1) is 7.54. The number of hydrogen-bond donors (Lipinski definition) is 1. The van der Waals surface area contributed by atoms with E-state index in [1.165, 1.54) is 0 Å². The molecule has 0 aliphatic rings. The fourth-order valence-corrected chi connectivity index (χ4v) is 2.82. The molecule has 0 aliphatic heterocycles. The smallest absolute Gasteiger partial charge is 0.214 e. The van der Waals surface area contributed by atoms with E-state index in [4.69, 9.17) is 11.0 Å². The lowest BCUT2D eigenvalue weighted by Crippen LogP contribution is -2.13. The van der Waals surface area contributed by atoms with Crippen LogP contribution >= 0.6 is 0 Å². The second kappa shape index (κ2) is 5.10. The van der Waals surface area contributed by atoms with Crippen molar-refractivity contribution in [1.29, 1.82) is 5.26 Å². The summed E-state index contributed by atoms with van der Waals surface area (Å²) >= 11 is 0. The van der Waals surface area contributed by atoms with Gasteiger partial charge in [0.1, 0.15) is 0 Å². The summed E-state index contributed by atoms with van der Waals surface area (Å²) < 4.78 is 16.0. The van der Waals surface area contributed by atoms with E-state index < -0.39 is 9.73 Å². The highest BCUT2D eigenvalue weighted by Gasteiger charge is 2.17. The van der Waals surface area contributed by atoms with Gasteiger partial charge in [0.25, 0.3) is 0 Å². The Morgan fingerprint density at radius 2 is 2.00 bits per heavy atom. The Morgan fingerprint density at radius 1 is 1.44 bits per heavy atom. The lowest BCUT2D eigenvalue weighted by molar-refractivity contribution is 0.669. The minimum atomic E-state index is -2.64. The molecule has 0 aromatic heterocycles. The van der Waals surface area contributed by atoms with E-state index in [2.05, 4.69) is 4.36 Å². The molecule has 1 aromatic carbocycles. The number of nitrogens with zero attached hydrogens (tertiary/aromatic N) is 2. The van der Waals surface area contributed by atoms with Crippen molar-refractivity contribution in [3.05, 3.63) is 29.8 Å². The Bertz CT molecular complexity index is 505. The first-order valence-electron chi connectivity index (χ1n) is 4.97. The van der Waals surface area contributed by atoms with Crippen molar-refractivity contribution in [3.8, 4) is 6.19 Å². The molecule has 0 amide bonds. The average Bonchev–Trinajstić information content (AvgIpc) is 2.29. The summed E-state index contributed by atoms with van der Waals surface area (Å²) in [6, 6.07) is 7.07. The van der Waals surface area contributed by atoms with Crippen molar-refractivity contribution in [3.63, 3.8) is 0 Å². The summed E-state index contributed by atoms with van der Waals surface area (Å²) in [6.45, 7) is 4.03. The van der Waals surface area contributed by atoms with E-state index in [-0.39, 0.29) is 5.25 Å². The molecule has 0 heterocycles. The van der Waals surface area contributed by atoms with Crippen LogP contribution < -0.4 is 5.73 Å². The van der Waals surface area contributed by atoms with Gasteiger partial charge in [-0.1, -0.05) is 12.1 Å². The third-order valence-electron chi connectivity index (χ3n) is 2.31. The number of hydrogen-bond acceptors (Lipinski definition) is 4. The lowest BCUT2D eigenvalue weighted by Gasteiger charge is -2.12. The van der Waals surface area contributed by atoms with E-state index in [0.717, 1.165) is 5.56 Å². The second-order valence-electron chi connectivity index (χ2n) is 3.66. The van der Waals surface area contributed by atoms with Crippen LogP contribution in [0.5, 0.6) is 0 Å². The molecule has 5 heteroatoms. The summed E-state index contributed by atoms with van der Waals surface area (Å²) in [6.07, 6.45) is 1.64. The molecular formula is C11H15N3OS. The zero-order valence-corrected chi connectivity index (χ0v) is 10.2. The zero-order chi connectivity index (χ0) is 12.2. The Hall–Kier alpha value is -1.38. The van der Waals surface area contributed by atoms with Gasteiger partial charge in [-0.2, -0.15) is 5.26 Å². The van der Waals surface area contributed by atoms with Crippen LogP contribution in [0.3, 0.4) is 0 Å². The first-order valence-corrected chi connectivity index (χ1v) is 6.55. The topological polar surface area (TPSA) is 79.2 Å². The van der Waals surface area contributed by atoms with Crippen LogP contribution in [0.15, 0.2) is 33.5 Å². The van der Waals surface area contributed by atoms with Crippen LogP contribution in [0.25, 0.3) is 0 Å². The molecule has 0 saturated heterocycles. The normalized spacial score (nSPS) is 14.2. The third-order valence-corrected chi connectivity index (χ3v) is 4.89. The molecule has 4 nitrogen and oxygen atoms in total.